The number of aryl methyl sites for hydroxylation is 1. The fourth-order valence-corrected chi connectivity index (χ4v) is 4.81. The Morgan fingerprint density at radius 3 is 2.38 bits per heavy atom. The number of non-ortho nitro benzene ring substituents is 1. The predicted molar refractivity (Wildman–Crippen MR) is 109 cm³/mol. The molecule has 2 aromatic rings. The Hall–Kier alpha value is -2.78. The van der Waals surface area contributed by atoms with Crippen molar-refractivity contribution >= 4 is 27.3 Å². The van der Waals surface area contributed by atoms with Crippen LogP contribution in [0.3, 0.4) is 0 Å². The van der Waals surface area contributed by atoms with E-state index in [0.717, 1.165) is 24.8 Å². The summed E-state index contributed by atoms with van der Waals surface area (Å²) in [5.74, 6) is -0.325. The molecule has 0 atom stereocenters. The molecule has 1 aliphatic rings. The molecule has 0 unspecified atom stereocenters. The molecule has 1 saturated heterocycles. The molecule has 0 radical (unpaired) electrons. The van der Waals surface area contributed by atoms with Crippen LogP contribution in [0, 0.1) is 17.0 Å². The molecular formula is C20H23N3O5S. The number of piperidine rings is 1. The third-order valence-corrected chi connectivity index (χ3v) is 6.84. The maximum Gasteiger partial charge on any atom is 0.269 e. The van der Waals surface area contributed by atoms with Crippen molar-refractivity contribution in [2.45, 2.75) is 37.5 Å². The summed E-state index contributed by atoms with van der Waals surface area (Å²) in [5, 5.41) is 13.5. The first kappa shape index (κ1) is 20.9. The van der Waals surface area contributed by atoms with E-state index in [0.29, 0.717) is 24.3 Å². The van der Waals surface area contributed by atoms with Gasteiger partial charge >= 0.3 is 0 Å². The summed E-state index contributed by atoms with van der Waals surface area (Å²) < 4.78 is 27.2. The summed E-state index contributed by atoms with van der Waals surface area (Å²) in [4.78, 5) is 22.8. The molecule has 1 amide bonds. The zero-order valence-corrected chi connectivity index (χ0v) is 16.9. The molecule has 8 nitrogen and oxygen atoms in total. The Morgan fingerprint density at radius 2 is 1.76 bits per heavy atom. The average Bonchev–Trinajstić information content (AvgIpc) is 2.70. The van der Waals surface area contributed by atoms with Crippen molar-refractivity contribution in [1.29, 1.82) is 0 Å². The van der Waals surface area contributed by atoms with Crippen molar-refractivity contribution in [3.63, 3.8) is 0 Å². The monoisotopic (exact) mass is 417 g/mol. The van der Waals surface area contributed by atoms with Crippen molar-refractivity contribution in [3.8, 4) is 0 Å². The molecule has 0 bridgehead atoms. The first-order valence-electron chi connectivity index (χ1n) is 9.41. The second-order valence-electron chi connectivity index (χ2n) is 7.09. The Bertz CT molecular complexity index is 1010. The van der Waals surface area contributed by atoms with E-state index < -0.39 is 14.9 Å². The van der Waals surface area contributed by atoms with Crippen LogP contribution >= 0.6 is 0 Å². The summed E-state index contributed by atoms with van der Waals surface area (Å²) in [5.41, 5.74) is 1.78. The van der Waals surface area contributed by atoms with Gasteiger partial charge in [0.05, 0.1) is 16.2 Å². The van der Waals surface area contributed by atoms with Gasteiger partial charge in [0.1, 0.15) is 0 Å². The van der Waals surface area contributed by atoms with Gasteiger partial charge in [-0.3, -0.25) is 14.9 Å². The molecule has 154 valence electrons. The van der Waals surface area contributed by atoms with E-state index in [-0.39, 0.29) is 22.9 Å². The number of carbonyl (C=O) groups excluding carboxylic acids is 1. The molecule has 3 rings (SSSR count). The lowest BCUT2D eigenvalue weighted by atomic mass is 10.1. The number of sulfonamides is 1. The topological polar surface area (TPSA) is 110 Å². The number of nitrogens with one attached hydrogen (secondary N) is 1. The van der Waals surface area contributed by atoms with Crippen LogP contribution in [-0.2, 0) is 21.2 Å². The second-order valence-corrected chi connectivity index (χ2v) is 9.03. The summed E-state index contributed by atoms with van der Waals surface area (Å²) in [7, 11) is -3.59. The van der Waals surface area contributed by atoms with Crippen molar-refractivity contribution in [2.75, 3.05) is 18.4 Å². The van der Waals surface area contributed by atoms with Crippen LogP contribution in [0.25, 0.3) is 0 Å². The van der Waals surface area contributed by atoms with Crippen LogP contribution in [-0.4, -0.2) is 36.6 Å². The summed E-state index contributed by atoms with van der Waals surface area (Å²) in [6.07, 6.45) is 2.76. The largest absolute Gasteiger partial charge is 0.326 e. The van der Waals surface area contributed by atoms with E-state index in [1.54, 1.807) is 19.1 Å². The number of hydrogen-bond donors (Lipinski definition) is 1. The Morgan fingerprint density at radius 1 is 1.10 bits per heavy atom. The number of nitro benzene ring substituents is 1. The number of amides is 1. The standard InChI is InChI=1S/C20H23N3O5S/c1-15-5-10-18(29(27,28)22-11-3-2-4-12-22)14-19(15)21-20(24)13-16-6-8-17(9-7-16)23(25)26/h5-10,14H,2-4,11-13H2,1H3,(H,21,24). The molecule has 29 heavy (non-hydrogen) atoms. The van der Waals surface area contributed by atoms with Gasteiger partial charge in [0.2, 0.25) is 15.9 Å². The Labute approximate surface area is 169 Å². The minimum atomic E-state index is -3.59. The van der Waals surface area contributed by atoms with E-state index >= 15 is 0 Å². The van der Waals surface area contributed by atoms with Crippen LogP contribution in [0.4, 0.5) is 11.4 Å². The molecule has 0 saturated carbocycles. The van der Waals surface area contributed by atoms with Crippen LogP contribution in [0.2, 0.25) is 0 Å². The van der Waals surface area contributed by atoms with Gasteiger partial charge in [0.15, 0.2) is 0 Å². The zero-order valence-electron chi connectivity index (χ0n) is 16.1. The van der Waals surface area contributed by atoms with Gasteiger partial charge in [-0.2, -0.15) is 4.31 Å². The molecule has 1 heterocycles. The van der Waals surface area contributed by atoms with Gasteiger partial charge in [0.25, 0.3) is 5.69 Å². The summed E-state index contributed by atoms with van der Waals surface area (Å²) in [6.45, 7) is 2.81. The van der Waals surface area contributed by atoms with Crippen LogP contribution < -0.4 is 5.32 Å². The van der Waals surface area contributed by atoms with Crippen molar-refractivity contribution in [1.82, 2.24) is 4.31 Å². The minimum Gasteiger partial charge on any atom is -0.326 e. The normalized spacial score (nSPS) is 15.1. The van der Waals surface area contributed by atoms with E-state index in [9.17, 15) is 23.3 Å². The lowest BCUT2D eigenvalue weighted by Crippen LogP contribution is -2.35. The first-order chi connectivity index (χ1) is 13.8. The summed E-state index contributed by atoms with van der Waals surface area (Å²) >= 11 is 0. The first-order valence-corrected chi connectivity index (χ1v) is 10.9. The quantitative estimate of drug-likeness (QED) is 0.573. The highest BCUT2D eigenvalue weighted by atomic mass is 32.2. The average molecular weight is 417 g/mol. The number of rotatable bonds is 6. The molecule has 9 heteroatoms. The minimum absolute atomic E-state index is 0.0283. The number of benzene rings is 2. The fraction of sp³-hybridized carbons (Fsp3) is 0.350. The van der Waals surface area contributed by atoms with E-state index in [1.165, 1.54) is 34.6 Å². The van der Waals surface area contributed by atoms with Crippen molar-refractivity contribution in [2.24, 2.45) is 0 Å². The van der Waals surface area contributed by atoms with E-state index in [2.05, 4.69) is 5.32 Å². The smallest absolute Gasteiger partial charge is 0.269 e. The van der Waals surface area contributed by atoms with Crippen molar-refractivity contribution < 1.29 is 18.1 Å². The molecule has 0 aromatic heterocycles. The Balaban J connectivity index is 1.74. The van der Waals surface area contributed by atoms with Gasteiger partial charge < -0.3 is 5.32 Å². The third kappa shape index (κ3) is 4.99. The number of nitrogens with zero attached hydrogens (tertiary/aromatic N) is 2. The Kier molecular flexibility index (Phi) is 6.29. The number of nitro groups is 1. The van der Waals surface area contributed by atoms with Crippen LogP contribution in [0.5, 0.6) is 0 Å². The van der Waals surface area contributed by atoms with Crippen LogP contribution in [0.1, 0.15) is 30.4 Å². The van der Waals surface area contributed by atoms with Gasteiger partial charge in [-0.1, -0.05) is 24.6 Å². The number of hydrogen-bond acceptors (Lipinski definition) is 5. The number of anilines is 1. The summed E-state index contributed by atoms with van der Waals surface area (Å²) in [6, 6.07) is 10.5. The molecule has 1 N–H and O–H groups in total. The predicted octanol–water partition coefficient (Wildman–Crippen LogP) is 3.26. The van der Waals surface area contributed by atoms with Gasteiger partial charge in [0, 0.05) is 30.9 Å². The molecular weight excluding hydrogens is 394 g/mol. The molecule has 1 aliphatic heterocycles. The highest BCUT2D eigenvalue weighted by Crippen LogP contribution is 2.25. The lowest BCUT2D eigenvalue weighted by molar-refractivity contribution is -0.384. The molecule has 2 aromatic carbocycles. The SMILES string of the molecule is Cc1ccc(S(=O)(=O)N2CCCCC2)cc1NC(=O)Cc1ccc([N+](=O)[O-])cc1. The maximum absolute atomic E-state index is 12.9. The van der Waals surface area contributed by atoms with Crippen LogP contribution in [0.15, 0.2) is 47.4 Å². The molecule has 0 aliphatic carbocycles. The highest BCUT2D eigenvalue weighted by Gasteiger charge is 2.26. The third-order valence-electron chi connectivity index (χ3n) is 4.95. The zero-order chi connectivity index (χ0) is 21.0. The molecule has 1 fully saturated rings. The highest BCUT2D eigenvalue weighted by molar-refractivity contribution is 7.89. The van der Waals surface area contributed by atoms with E-state index in [1.807, 2.05) is 0 Å². The lowest BCUT2D eigenvalue weighted by Gasteiger charge is -2.26. The molecule has 0 spiro atoms. The van der Waals surface area contributed by atoms with Gasteiger partial charge in [-0.25, -0.2) is 8.42 Å². The maximum atomic E-state index is 12.9. The number of carbonyl (C=O) groups is 1. The van der Waals surface area contributed by atoms with Gasteiger partial charge in [-0.15, -0.1) is 0 Å². The van der Waals surface area contributed by atoms with Gasteiger partial charge in [-0.05, 0) is 43.0 Å². The second kappa shape index (κ2) is 8.71. The van der Waals surface area contributed by atoms with E-state index in [4.69, 9.17) is 0 Å². The fourth-order valence-electron chi connectivity index (χ4n) is 3.27. The van der Waals surface area contributed by atoms with Crippen molar-refractivity contribution in [3.05, 3.63) is 63.7 Å².